The molecule has 0 bridgehead atoms. The molecule has 0 aliphatic rings. The maximum atomic E-state index is 12.9. The molecule has 0 saturated carbocycles. The lowest BCUT2D eigenvalue weighted by Gasteiger charge is -1.95. The average molecular weight is 338 g/mol. The van der Waals surface area contributed by atoms with E-state index in [1.165, 1.54) is 23.5 Å². The number of nitrogens with one attached hydrogen (secondary N) is 1. The van der Waals surface area contributed by atoms with Gasteiger partial charge in [0.15, 0.2) is 4.34 Å². The molecule has 0 radical (unpaired) electrons. The average Bonchev–Trinajstić information content (AvgIpc) is 3.15. The normalized spacial score (nSPS) is 10.8. The van der Waals surface area contributed by atoms with Gasteiger partial charge in [0.1, 0.15) is 10.8 Å². The summed E-state index contributed by atoms with van der Waals surface area (Å²) in [4.78, 5) is 4.57. The zero-order valence-electron chi connectivity index (χ0n) is 11.0. The van der Waals surface area contributed by atoms with Gasteiger partial charge in [0.25, 0.3) is 0 Å². The molecule has 0 aliphatic heterocycles. The standard InChI is InChI=1S/C13H11FN4S3/c1-15-12-17-18-13(21-12)20-7-10-6-19-11(16-10)8-2-4-9(14)5-3-8/h2-6H,7H2,1H3,(H,15,17). The molecule has 0 amide bonds. The molecule has 3 rings (SSSR count). The summed E-state index contributed by atoms with van der Waals surface area (Å²) in [5.41, 5.74) is 1.93. The molecular formula is C13H11FN4S3. The summed E-state index contributed by atoms with van der Waals surface area (Å²) >= 11 is 4.69. The smallest absolute Gasteiger partial charge is 0.206 e. The summed E-state index contributed by atoms with van der Waals surface area (Å²) in [7, 11) is 1.82. The third-order valence-electron chi connectivity index (χ3n) is 2.61. The SMILES string of the molecule is CNc1nnc(SCc2csc(-c3ccc(F)cc3)n2)s1. The Morgan fingerprint density at radius 3 is 2.76 bits per heavy atom. The Kier molecular flexibility index (Phi) is 4.47. The highest BCUT2D eigenvalue weighted by atomic mass is 32.2. The molecule has 1 N–H and O–H groups in total. The predicted molar refractivity (Wildman–Crippen MR) is 86.5 cm³/mol. The number of hydrogen-bond acceptors (Lipinski definition) is 7. The molecule has 0 fully saturated rings. The van der Waals surface area contributed by atoms with Gasteiger partial charge in [0, 0.05) is 23.7 Å². The van der Waals surface area contributed by atoms with Gasteiger partial charge in [-0.25, -0.2) is 9.37 Å². The number of hydrogen-bond donors (Lipinski definition) is 1. The Hall–Kier alpha value is -1.51. The molecule has 0 atom stereocenters. The third kappa shape index (κ3) is 3.58. The second-order valence-corrected chi connectivity index (χ2v) is 7.12. The lowest BCUT2D eigenvalue weighted by atomic mass is 10.2. The predicted octanol–water partition coefficient (Wildman–Crippen LogP) is 4.13. The fourth-order valence-electron chi connectivity index (χ4n) is 1.60. The number of thiazole rings is 1. The molecule has 0 saturated heterocycles. The topological polar surface area (TPSA) is 50.7 Å². The molecule has 1 aromatic carbocycles. The van der Waals surface area contributed by atoms with Crippen LogP contribution in [0.2, 0.25) is 0 Å². The van der Waals surface area contributed by atoms with Crippen molar-refractivity contribution in [1.29, 1.82) is 0 Å². The van der Waals surface area contributed by atoms with E-state index in [4.69, 9.17) is 0 Å². The van der Waals surface area contributed by atoms with Gasteiger partial charge in [-0.1, -0.05) is 23.1 Å². The Bertz CT molecular complexity index is 723. The Balaban J connectivity index is 1.66. The monoisotopic (exact) mass is 338 g/mol. The quantitative estimate of drug-likeness (QED) is 0.709. The van der Waals surface area contributed by atoms with Gasteiger partial charge >= 0.3 is 0 Å². The van der Waals surface area contributed by atoms with Crippen LogP contribution in [0.5, 0.6) is 0 Å². The van der Waals surface area contributed by atoms with Crippen molar-refractivity contribution in [3.05, 3.63) is 41.2 Å². The summed E-state index contributed by atoms with van der Waals surface area (Å²) in [6.45, 7) is 0. The van der Waals surface area contributed by atoms with Crippen LogP contribution in [-0.4, -0.2) is 22.2 Å². The fraction of sp³-hybridized carbons (Fsp3) is 0.154. The van der Waals surface area contributed by atoms with Crippen LogP contribution in [-0.2, 0) is 5.75 Å². The van der Waals surface area contributed by atoms with Crippen LogP contribution in [0, 0.1) is 5.82 Å². The first-order valence-corrected chi connectivity index (χ1v) is 8.77. The molecule has 4 nitrogen and oxygen atoms in total. The summed E-state index contributed by atoms with van der Waals surface area (Å²) in [5, 5.41) is 14.8. The molecule has 3 aromatic rings. The minimum Gasteiger partial charge on any atom is -0.363 e. The molecule has 21 heavy (non-hydrogen) atoms. The highest BCUT2D eigenvalue weighted by molar-refractivity contribution is 8.00. The van der Waals surface area contributed by atoms with Gasteiger partial charge in [-0.05, 0) is 24.3 Å². The van der Waals surface area contributed by atoms with Crippen molar-refractivity contribution in [2.75, 3.05) is 12.4 Å². The summed E-state index contributed by atoms with van der Waals surface area (Å²) < 4.78 is 13.8. The maximum absolute atomic E-state index is 12.9. The van der Waals surface area contributed by atoms with Gasteiger partial charge in [-0.3, -0.25) is 0 Å². The van der Waals surface area contributed by atoms with Crippen molar-refractivity contribution in [3.63, 3.8) is 0 Å². The van der Waals surface area contributed by atoms with E-state index in [2.05, 4.69) is 20.5 Å². The van der Waals surface area contributed by atoms with Crippen molar-refractivity contribution < 1.29 is 4.39 Å². The van der Waals surface area contributed by atoms with Crippen LogP contribution in [0.4, 0.5) is 9.52 Å². The van der Waals surface area contributed by atoms with Crippen LogP contribution in [0.25, 0.3) is 10.6 Å². The number of rotatable bonds is 5. The van der Waals surface area contributed by atoms with Crippen molar-refractivity contribution in [3.8, 4) is 10.6 Å². The minimum atomic E-state index is -0.234. The van der Waals surface area contributed by atoms with Gasteiger partial charge in [0.05, 0.1) is 5.69 Å². The zero-order chi connectivity index (χ0) is 14.7. The summed E-state index contributed by atoms with van der Waals surface area (Å²) in [5.74, 6) is 0.512. The third-order valence-corrected chi connectivity index (χ3v) is 5.65. The van der Waals surface area contributed by atoms with Crippen LogP contribution in [0.1, 0.15) is 5.69 Å². The molecule has 108 valence electrons. The molecule has 8 heteroatoms. The van der Waals surface area contributed by atoms with Crippen LogP contribution >= 0.6 is 34.4 Å². The van der Waals surface area contributed by atoms with Crippen molar-refractivity contribution in [1.82, 2.24) is 15.2 Å². The minimum absolute atomic E-state index is 0.234. The van der Waals surface area contributed by atoms with Crippen LogP contribution in [0.15, 0.2) is 34.0 Å². The summed E-state index contributed by atoms with van der Waals surface area (Å²) in [6.07, 6.45) is 0. The number of benzene rings is 1. The first-order chi connectivity index (χ1) is 10.2. The molecular weight excluding hydrogens is 327 g/mol. The van der Waals surface area contributed by atoms with Crippen molar-refractivity contribution in [2.24, 2.45) is 0 Å². The number of thioether (sulfide) groups is 1. The number of nitrogens with zero attached hydrogens (tertiary/aromatic N) is 3. The lowest BCUT2D eigenvalue weighted by molar-refractivity contribution is 0.628. The van der Waals surface area contributed by atoms with Crippen LogP contribution < -0.4 is 5.32 Å². The van der Waals surface area contributed by atoms with Gasteiger partial charge in [-0.15, -0.1) is 21.5 Å². The van der Waals surface area contributed by atoms with Crippen molar-refractivity contribution >= 4 is 39.6 Å². The van der Waals surface area contributed by atoms with E-state index in [-0.39, 0.29) is 5.82 Å². The number of halogens is 1. The van der Waals surface area contributed by atoms with E-state index in [1.54, 1.807) is 35.2 Å². The van der Waals surface area contributed by atoms with E-state index in [1.807, 2.05) is 12.4 Å². The maximum Gasteiger partial charge on any atom is 0.206 e. The Morgan fingerprint density at radius 2 is 2.05 bits per heavy atom. The van der Waals surface area contributed by atoms with Gasteiger partial charge < -0.3 is 5.32 Å². The molecule has 0 unspecified atom stereocenters. The number of anilines is 1. The largest absolute Gasteiger partial charge is 0.363 e. The molecule has 2 heterocycles. The van der Waals surface area contributed by atoms with Gasteiger partial charge in [-0.2, -0.15) is 0 Å². The Labute approximate surface area is 133 Å². The Morgan fingerprint density at radius 1 is 1.24 bits per heavy atom. The van der Waals surface area contributed by atoms with E-state index in [0.29, 0.717) is 0 Å². The van der Waals surface area contributed by atoms with Crippen LogP contribution in [0.3, 0.4) is 0 Å². The molecule has 2 aromatic heterocycles. The highest BCUT2D eigenvalue weighted by Gasteiger charge is 2.08. The lowest BCUT2D eigenvalue weighted by Crippen LogP contribution is -1.84. The number of aromatic nitrogens is 3. The van der Waals surface area contributed by atoms with E-state index in [0.717, 1.165) is 31.5 Å². The molecule has 0 spiro atoms. The first-order valence-electron chi connectivity index (χ1n) is 6.09. The van der Waals surface area contributed by atoms with E-state index < -0.39 is 0 Å². The zero-order valence-corrected chi connectivity index (χ0v) is 13.5. The van der Waals surface area contributed by atoms with E-state index in [9.17, 15) is 4.39 Å². The van der Waals surface area contributed by atoms with Crippen molar-refractivity contribution in [2.45, 2.75) is 10.1 Å². The van der Waals surface area contributed by atoms with E-state index >= 15 is 0 Å². The van der Waals surface area contributed by atoms with Gasteiger partial charge in [0.2, 0.25) is 5.13 Å². The second-order valence-electron chi connectivity index (χ2n) is 4.06. The highest BCUT2D eigenvalue weighted by Crippen LogP contribution is 2.30. The summed E-state index contributed by atoms with van der Waals surface area (Å²) in [6, 6.07) is 6.39. The molecule has 0 aliphatic carbocycles. The first kappa shape index (κ1) is 14.4. The fourth-order valence-corrected chi connectivity index (χ4v) is 4.13. The second kappa shape index (κ2) is 6.50.